The molecule has 4 heteroatoms. The van der Waals surface area contributed by atoms with E-state index in [4.69, 9.17) is 11.6 Å². The van der Waals surface area contributed by atoms with Gasteiger partial charge in [0.1, 0.15) is 5.82 Å². The zero-order valence-electron chi connectivity index (χ0n) is 9.21. The van der Waals surface area contributed by atoms with Crippen molar-refractivity contribution in [3.8, 4) is 0 Å². The summed E-state index contributed by atoms with van der Waals surface area (Å²) in [5, 5.41) is -0.301. The molecule has 0 aliphatic carbocycles. The minimum Gasteiger partial charge on any atom is -0.207 e. The van der Waals surface area contributed by atoms with Gasteiger partial charge in [-0.3, -0.25) is 0 Å². The van der Waals surface area contributed by atoms with Gasteiger partial charge in [0, 0.05) is 14.2 Å². The lowest BCUT2D eigenvalue weighted by Crippen LogP contribution is -1.93. The summed E-state index contributed by atoms with van der Waals surface area (Å²) in [6.45, 7) is 2.11. The molecular weight excluding hydrogens is 323 g/mol. The molecular formula is C13H11BrClFS. The summed E-state index contributed by atoms with van der Waals surface area (Å²) in [4.78, 5) is 2.34. The van der Waals surface area contributed by atoms with Gasteiger partial charge in [0.05, 0.1) is 5.38 Å². The van der Waals surface area contributed by atoms with Gasteiger partial charge in [-0.2, -0.15) is 0 Å². The highest BCUT2D eigenvalue weighted by Gasteiger charge is 2.16. The van der Waals surface area contributed by atoms with E-state index in [-0.39, 0.29) is 11.2 Å². The fourth-order valence-electron chi connectivity index (χ4n) is 1.58. The van der Waals surface area contributed by atoms with Crippen molar-refractivity contribution in [1.29, 1.82) is 0 Å². The van der Waals surface area contributed by atoms with E-state index in [9.17, 15) is 4.39 Å². The van der Waals surface area contributed by atoms with Crippen molar-refractivity contribution in [2.45, 2.75) is 18.7 Å². The molecule has 0 amide bonds. The summed E-state index contributed by atoms with van der Waals surface area (Å²) in [6.07, 6.45) is 0.999. The van der Waals surface area contributed by atoms with Crippen LogP contribution in [-0.4, -0.2) is 0 Å². The van der Waals surface area contributed by atoms with Gasteiger partial charge in [-0.1, -0.05) is 22.9 Å². The normalized spacial score (nSPS) is 12.7. The molecule has 1 heterocycles. The van der Waals surface area contributed by atoms with E-state index < -0.39 is 0 Å². The van der Waals surface area contributed by atoms with E-state index in [1.807, 2.05) is 6.07 Å². The highest BCUT2D eigenvalue weighted by molar-refractivity contribution is 9.10. The summed E-state index contributed by atoms with van der Waals surface area (Å²) in [5.41, 5.74) is 0.774. The molecule has 90 valence electrons. The van der Waals surface area contributed by atoms with Gasteiger partial charge in [0.2, 0.25) is 0 Å². The minimum atomic E-state index is -0.301. The smallest absolute Gasteiger partial charge is 0.123 e. The van der Waals surface area contributed by atoms with Gasteiger partial charge in [-0.05, 0) is 42.3 Å². The Morgan fingerprint density at radius 3 is 2.76 bits per heavy atom. The molecule has 17 heavy (non-hydrogen) atoms. The van der Waals surface area contributed by atoms with E-state index in [0.29, 0.717) is 0 Å². The van der Waals surface area contributed by atoms with Gasteiger partial charge >= 0.3 is 0 Å². The van der Waals surface area contributed by atoms with Crippen LogP contribution < -0.4 is 0 Å². The molecule has 2 aromatic rings. The fourth-order valence-corrected chi connectivity index (χ4v) is 3.53. The average Bonchev–Trinajstić information content (AvgIpc) is 2.80. The molecule has 0 radical (unpaired) electrons. The number of halogens is 3. The minimum absolute atomic E-state index is 0.263. The first-order valence-corrected chi connectivity index (χ1v) is 7.34. The summed E-state index contributed by atoms with van der Waals surface area (Å²) in [7, 11) is 0. The van der Waals surface area contributed by atoms with E-state index in [0.717, 1.165) is 21.3 Å². The molecule has 0 nitrogen and oxygen atoms in total. The third-order valence-electron chi connectivity index (χ3n) is 2.51. The Bertz CT molecular complexity index is 524. The van der Waals surface area contributed by atoms with Crippen LogP contribution in [0, 0.1) is 5.82 Å². The van der Waals surface area contributed by atoms with Crippen molar-refractivity contribution in [3.63, 3.8) is 0 Å². The SMILES string of the molecule is CCc1ccc(C(Cl)c2cc(F)ccc2Br)s1. The standard InChI is InChI=1S/C13H11BrClFS/c1-2-9-4-6-12(17-9)13(15)10-7-8(16)3-5-11(10)14/h3-7,13H,2H2,1H3. The van der Waals surface area contributed by atoms with Crippen LogP contribution >= 0.6 is 38.9 Å². The molecule has 0 fully saturated rings. The van der Waals surface area contributed by atoms with Crippen molar-refractivity contribution in [2.75, 3.05) is 0 Å². The maximum Gasteiger partial charge on any atom is 0.123 e. The van der Waals surface area contributed by atoms with Crippen molar-refractivity contribution in [2.24, 2.45) is 0 Å². The lowest BCUT2D eigenvalue weighted by Gasteiger charge is -2.10. The van der Waals surface area contributed by atoms with Crippen molar-refractivity contribution < 1.29 is 4.39 Å². The highest BCUT2D eigenvalue weighted by atomic mass is 79.9. The number of alkyl halides is 1. The molecule has 1 unspecified atom stereocenters. The van der Waals surface area contributed by atoms with E-state index in [1.54, 1.807) is 17.4 Å². The Labute approximate surface area is 118 Å². The average molecular weight is 334 g/mol. The Morgan fingerprint density at radius 2 is 2.12 bits per heavy atom. The molecule has 0 saturated carbocycles. The first-order chi connectivity index (χ1) is 8.11. The van der Waals surface area contributed by atoms with Crippen molar-refractivity contribution in [1.82, 2.24) is 0 Å². The van der Waals surface area contributed by atoms with Crippen LogP contribution in [0.15, 0.2) is 34.8 Å². The van der Waals surface area contributed by atoms with Crippen molar-refractivity contribution in [3.05, 3.63) is 55.9 Å². The van der Waals surface area contributed by atoms with Gasteiger partial charge in [0.25, 0.3) is 0 Å². The molecule has 0 aliphatic rings. The highest BCUT2D eigenvalue weighted by Crippen LogP contribution is 2.37. The Kier molecular flexibility index (Phi) is 4.23. The Balaban J connectivity index is 2.35. The Hall–Kier alpha value is -0.380. The van der Waals surface area contributed by atoms with Crippen LogP contribution in [0.1, 0.15) is 27.6 Å². The maximum absolute atomic E-state index is 13.2. The number of hydrogen-bond donors (Lipinski definition) is 0. The molecule has 0 saturated heterocycles. The maximum atomic E-state index is 13.2. The van der Waals surface area contributed by atoms with Gasteiger partial charge < -0.3 is 0 Å². The third kappa shape index (κ3) is 2.90. The summed E-state index contributed by atoms with van der Waals surface area (Å²) >= 11 is 11.5. The third-order valence-corrected chi connectivity index (χ3v) is 5.13. The number of hydrogen-bond acceptors (Lipinski definition) is 1. The zero-order valence-corrected chi connectivity index (χ0v) is 12.4. The molecule has 0 N–H and O–H groups in total. The fraction of sp³-hybridized carbons (Fsp3) is 0.231. The van der Waals surface area contributed by atoms with E-state index in [2.05, 4.69) is 28.9 Å². The quantitative estimate of drug-likeness (QED) is 0.647. The van der Waals surface area contributed by atoms with Crippen LogP contribution in [0.3, 0.4) is 0 Å². The number of rotatable bonds is 3. The largest absolute Gasteiger partial charge is 0.207 e. The van der Waals surface area contributed by atoms with Gasteiger partial charge in [0.15, 0.2) is 0 Å². The lowest BCUT2D eigenvalue weighted by atomic mass is 10.1. The van der Waals surface area contributed by atoms with Crippen LogP contribution in [0.4, 0.5) is 4.39 Å². The van der Waals surface area contributed by atoms with Crippen LogP contribution in [-0.2, 0) is 6.42 Å². The number of aryl methyl sites for hydroxylation is 1. The van der Waals surface area contributed by atoms with E-state index >= 15 is 0 Å². The number of thiophene rings is 1. The monoisotopic (exact) mass is 332 g/mol. The van der Waals surface area contributed by atoms with Crippen LogP contribution in [0.5, 0.6) is 0 Å². The summed E-state index contributed by atoms with van der Waals surface area (Å²) < 4.78 is 14.1. The molecule has 0 spiro atoms. The Morgan fingerprint density at radius 1 is 1.35 bits per heavy atom. The van der Waals surface area contributed by atoms with Gasteiger partial charge in [-0.25, -0.2) is 4.39 Å². The van der Waals surface area contributed by atoms with E-state index in [1.165, 1.54) is 17.0 Å². The predicted molar refractivity (Wildman–Crippen MR) is 75.5 cm³/mol. The molecule has 0 aliphatic heterocycles. The second-order valence-electron chi connectivity index (χ2n) is 3.69. The first-order valence-electron chi connectivity index (χ1n) is 5.29. The molecule has 1 aromatic heterocycles. The second kappa shape index (κ2) is 5.51. The molecule has 1 aromatic carbocycles. The summed E-state index contributed by atoms with van der Waals surface area (Å²) in [6, 6.07) is 8.67. The van der Waals surface area contributed by atoms with Crippen molar-refractivity contribution >= 4 is 38.9 Å². The second-order valence-corrected chi connectivity index (χ2v) is 6.18. The lowest BCUT2D eigenvalue weighted by molar-refractivity contribution is 0.625. The van der Waals surface area contributed by atoms with Crippen LogP contribution in [0.25, 0.3) is 0 Å². The zero-order chi connectivity index (χ0) is 12.4. The molecule has 1 atom stereocenters. The topological polar surface area (TPSA) is 0 Å². The number of benzene rings is 1. The predicted octanol–water partition coefficient (Wildman–Crippen LogP) is 5.54. The first kappa shape index (κ1) is 13.1. The van der Waals surface area contributed by atoms with Crippen LogP contribution in [0.2, 0.25) is 0 Å². The molecule has 0 bridgehead atoms. The molecule has 2 rings (SSSR count). The van der Waals surface area contributed by atoms with Gasteiger partial charge in [-0.15, -0.1) is 22.9 Å². The summed E-state index contributed by atoms with van der Waals surface area (Å²) in [5.74, 6) is -0.263.